The van der Waals surface area contributed by atoms with Gasteiger partial charge in [0.2, 0.25) is 0 Å². The lowest BCUT2D eigenvalue weighted by Gasteiger charge is -2.34. The second-order valence-electron chi connectivity index (χ2n) is 5.90. The Morgan fingerprint density at radius 1 is 1.45 bits per heavy atom. The summed E-state index contributed by atoms with van der Waals surface area (Å²) in [5, 5.41) is 3.99. The van der Waals surface area contributed by atoms with Crippen molar-refractivity contribution in [2.24, 2.45) is 5.92 Å². The van der Waals surface area contributed by atoms with Crippen LogP contribution in [0.5, 0.6) is 0 Å². The van der Waals surface area contributed by atoms with Crippen molar-refractivity contribution < 1.29 is 4.39 Å². The van der Waals surface area contributed by atoms with Gasteiger partial charge in [-0.1, -0.05) is 32.9 Å². The number of halogens is 1. The number of para-hydroxylation sites is 1. The molecular weight excluding hydrogens is 271 g/mol. The van der Waals surface area contributed by atoms with Gasteiger partial charge in [0.25, 0.3) is 0 Å². The predicted octanol–water partition coefficient (Wildman–Crippen LogP) is 3.51. The molecule has 112 valence electrons. The molecule has 1 heterocycles. The largest absolute Gasteiger partial charge is 0.367 e. The molecule has 0 saturated carbocycles. The first kappa shape index (κ1) is 15.6. The van der Waals surface area contributed by atoms with Crippen molar-refractivity contribution in [1.82, 2.24) is 5.32 Å². The van der Waals surface area contributed by atoms with Gasteiger partial charge in [-0.2, -0.15) is 11.8 Å². The van der Waals surface area contributed by atoms with Crippen LogP contribution in [0.3, 0.4) is 0 Å². The van der Waals surface area contributed by atoms with Gasteiger partial charge in [-0.05, 0) is 24.1 Å². The van der Waals surface area contributed by atoms with Gasteiger partial charge in [-0.3, -0.25) is 0 Å². The fourth-order valence-electron chi connectivity index (χ4n) is 2.57. The minimum atomic E-state index is -0.0899. The van der Waals surface area contributed by atoms with Gasteiger partial charge < -0.3 is 10.2 Å². The van der Waals surface area contributed by atoms with E-state index in [1.165, 1.54) is 0 Å². The van der Waals surface area contributed by atoms with Crippen LogP contribution in [-0.4, -0.2) is 30.6 Å². The summed E-state index contributed by atoms with van der Waals surface area (Å²) in [6.45, 7) is 10.2. The number of thioether (sulfide) groups is 1. The summed E-state index contributed by atoms with van der Waals surface area (Å²) in [6.07, 6.45) is 0. The van der Waals surface area contributed by atoms with Gasteiger partial charge in [0.1, 0.15) is 5.82 Å². The topological polar surface area (TPSA) is 15.3 Å². The molecule has 0 bridgehead atoms. The highest BCUT2D eigenvalue weighted by Gasteiger charge is 2.21. The van der Waals surface area contributed by atoms with Crippen LogP contribution in [0.2, 0.25) is 0 Å². The third kappa shape index (κ3) is 4.13. The van der Waals surface area contributed by atoms with Crippen LogP contribution < -0.4 is 10.2 Å². The molecule has 1 aromatic carbocycles. The van der Waals surface area contributed by atoms with Crippen molar-refractivity contribution in [3.8, 4) is 0 Å². The molecule has 1 unspecified atom stereocenters. The Kier molecular flexibility index (Phi) is 5.73. The first-order valence-corrected chi connectivity index (χ1v) is 8.47. The number of nitrogens with one attached hydrogen (secondary N) is 1. The molecule has 0 amide bonds. The molecule has 2 rings (SSSR count). The number of benzene rings is 1. The molecule has 20 heavy (non-hydrogen) atoms. The highest BCUT2D eigenvalue weighted by molar-refractivity contribution is 8.00. The van der Waals surface area contributed by atoms with E-state index in [2.05, 4.69) is 31.0 Å². The van der Waals surface area contributed by atoms with Gasteiger partial charge in [0.05, 0.1) is 5.69 Å². The Hall–Kier alpha value is -0.740. The van der Waals surface area contributed by atoms with Crippen molar-refractivity contribution in [3.05, 3.63) is 29.6 Å². The second-order valence-corrected chi connectivity index (χ2v) is 7.45. The lowest BCUT2D eigenvalue weighted by atomic mass is 10.1. The summed E-state index contributed by atoms with van der Waals surface area (Å²) >= 11 is 1.97. The first-order valence-electron chi connectivity index (χ1n) is 7.42. The van der Waals surface area contributed by atoms with E-state index < -0.39 is 0 Å². The average Bonchev–Trinajstić information content (AvgIpc) is 2.38. The normalized spacial score (nSPS) is 19.6. The summed E-state index contributed by atoms with van der Waals surface area (Å²) in [4.78, 5) is 2.21. The van der Waals surface area contributed by atoms with Crippen LogP contribution in [0.15, 0.2) is 18.2 Å². The Morgan fingerprint density at radius 2 is 2.25 bits per heavy atom. The van der Waals surface area contributed by atoms with Crippen molar-refractivity contribution in [1.29, 1.82) is 0 Å². The highest BCUT2D eigenvalue weighted by atomic mass is 32.2. The molecule has 0 spiro atoms. The van der Waals surface area contributed by atoms with Crippen LogP contribution in [-0.2, 0) is 6.54 Å². The van der Waals surface area contributed by atoms with Crippen LogP contribution >= 0.6 is 11.8 Å². The SMILES string of the molecule is CC(C)CNCc1cccc(F)c1N1CCSC(C)C1. The predicted molar refractivity (Wildman–Crippen MR) is 87.1 cm³/mol. The summed E-state index contributed by atoms with van der Waals surface area (Å²) < 4.78 is 14.3. The standard InChI is InChI=1S/C16H25FN2S/c1-12(2)9-18-10-14-5-4-6-15(17)16(14)19-7-8-20-13(3)11-19/h4-6,12-13,18H,7-11H2,1-3H3. The number of hydrogen-bond donors (Lipinski definition) is 1. The van der Waals surface area contributed by atoms with Crippen molar-refractivity contribution in [2.75, 3.05) is 30.3 Å². The molecule has 1 aliphatic rings. The molecule has 0 aliphatic carbocycles. The molecular formula is C16H25FN2S. The number of hydrogen-bond acceptors (Lipinski definition) is 3. The minimum Gasteiger partial charge on any atom is -0.367 e. The Bertz CT molecular complexity index is 436. The molecule has 1 saturated heterocycles. The molecule has 0 radical (unpaired) electrons. The fraction of sp³-hybridized carbons (Fsp3) is 0.625. The van der Waals surface area contributed by atoms with Gasteiger partial charge in [-0.25, -0.2) is 4.39 Å². The monoisotopic (exact) mass is 296 g/mol. The summed E-state index contributed by atoms with van der Waals surface area (Å²) in [7, 11) is 0. The maximum Gasteiger partial charge on any atom is 0.146 e. The van der Waals surface area contributed by atoms with Gasteiger partial charge in [0.15, 0.2) is 0 Å². The Labute approximate surface area is 126 Å². The maximum atomic E-state index is 14.3. The van der Waals surface area contributed by atoms with Crippen LogP contribution in [0.25, 0.3) is 0 Å². The van der Waals surface area contributed by atoms with E-state index in [0.717, 1.165) is 43.2 Å². The van der Waals surface area contributed by atoms with E-state index in [9.17, 15) is 4.39 Å². The molecule has 0 aromatic heterocycles. The van der Waals surface area contributed by atoms with Gasteiger partial charge in [0, 0.05) is 30.6 Å². The van der Waals surface area contributed by atoms with Crippen molar-refractivity contribution >= 4 is 17.4 Å². The first-order chi connectivity index (χ1) is 9.58. The zero-order valence-corrected chi connectivity index (χ0v) is 13.5. The quantitative estimate of drug-likeness (QED) is 0.895. The zero-order chi connectivity index (χ0) is 14.5. The Balaban J connectivity index is 2.13. The highest BCUT2D eigenvalue weighted by Crippen LogP contribution is 2.29. The molecule has 1 atom stereocenters. The van der Waals surface area contributed by atoms with E-state index in [1.807, 2.05) is 23.9 Å². The van der Waals surface area contributed by atoms with E-state index in [1.54, 1.807) is 6.07 Å². The third-order valence-corrected chi connectivity index (χ3v) is 4.63. The number of anilines is 1. The van der Waals surface area contributed by atoms with E-state index in [-0.39, 0.29) is 5.82 Å². The Morgan fingerprint density at radius 3 is 2.95 bits per heavy atom. The lowest BCUT2D eigenvalue weighted by molar-refractivity contribution is 0.548. The minimum absolute atomic E-state index is 0.0899. The smallest absolute Gasteiger partial charge is 0.146 e. The molecule has 4 heteroatoms. The average molecular weight is 296 g/mol. The van der Waals surface area contributed by atoms with Crippen LogP contribution in [0.1, 0.15) is 26.3 Å². The lowest BCUT2D eigenvalue weighted by Crippen LogP contribution is -2.38. The molecule has 1 aromatic rings. The van der Waals surface area contributed by atoms with Crippen LogP contribution in [0.4, 0.5) is 10.1 Å². The summed E-state index contributed by atoms with van der Waals surface area (Å²) in [5.41, 5.74) is 1.88. The number of nitrogens with zero attached hydrogens (tertiary/aromatic N) is 1. The second kappa shape index (κ2) is 7.32. The fourth-order valence-corrected chi connectivity index (χ4v) is 3.59. The summed E-state index contributed by atoms with van der Waals surface area (Å²) in [5.74, 6) is 1.60. The van der Waals surface area contributed by atoms with Gasteiger partial charge in [-0.15, -0.1) is 0 Å². The van der Waals surface area contributed by atoms with Gasteiger partial charge >= 0.3 is 0 Å². The van der Waals surface area contributed by atoms with Crippen molar-refractivity contribution in [3.63, 3.8) is 0 Å². The van der Waals surface area contributed by atoms with E-state index in [4.69, 9.17) is 0 Å². The van der Waals surface area contributed by atoms with Crippen LogP contribution in [0, 0.1) is 11.7 Å². The van der Waals surface area contributed by atoms with E-state index in [0.29, 0.717) is 11.2 Å². The number of rotatable bonds is 5. The molecule has 1 fully saturated rings. The third-order valence-electron chi connectivity index (χ3n) is 3.50. The van der Waals surface area contributed by atoms with Crippen molar-refractivity contribution in [2.45, 2.75) is 32.6 Å². The molecule has 1 aliphatic heterocycles. The summed E-state index contributed by atoms with van der Waals surface area (Å²) in [6, 6.07) is 5.43. The molecule has 2 nitrogen and oxygen atoms in total. The molecule has 1 N–H and O–H groups in total. The van der Waals surface area contributed by atoms with E-state index >= 15 is 0 Å². The zero-order valence-electron chi connectivity index (χ0n) is 12.7. The maximum absolute atomic E-state index is 14.3.